The van der Waals surface area contributed by atoms with Crippen molar-refractivity contribution in [2.24, 2.45) is 0 Å². The monoisotopic (exact) mass is 366 g/mol. The van der Waals surface area contributed by atoms with Crippen LogP contribution in [0, 0.1) is 0 Å². The molecule has 9 heteroatoms. The van der Waals surface area contributed by atoms with Crippen molar-refractivity contribution in [1.29, 1.82) is 0 Å². The Morgan fingerprint density at radius 1 is 1.42 bits per heavy atom. The molecule has 0 bridgehead atoms. The van der Waals surface area contributed by atoms with Crippen LogP contribution in [-0.2, 0) is 14.3 Å². The maximum absolute atomic E-state index is 12.2. The highest BCUT2D eigenvalue weighted by atomic mass is 35.5. The van der Waals surface area contributed by atoms with Crippen LogP contribution in [0.3, 0.4) is 0 Å². The number of alkyl halides is 3. The van der Waals surface area contributed by atoms with Gasteiger partial charge in [-0.05, 0) is 19.1 Å². The number of rotatable bonds is 5. The number of nitrogens with zero attached hydrogens (tertiary/aromatic N) is 1. The second-order valence-electron chi connectivity index (χ2n) is 5.29. The summed E-state index contributed by atoms with van der Waals surface area (Å²) in [5.41, 5.74) is 1.05. The average Bonchev–Trinajstić information content (AvgIpc) is 2.53. The van der Waals surface area contributed by atoms with Gasteiger partial charge in [-0.2, -0.15) is 13.2 Å². The van der Waals surface area contributed by atoms with Gasteiger partial charge < -0.3 is 19.7 Å². The fourth-order valence-electron chi connectivity index (χ4n) is 2.25. The Labute approximate surface area is 142 Å². The Hall–Kier alpha value is -1.51. The molecule has 1 saturated heterocycles. The molecule has 0 aromatic heterocycles. The lowest BCUT2D eigenvalue weighted by molar-refractivity contribution is -0.184. The highest BCUT2D eigenvalue weighted by Gasteiger charge is 2.30. The molecule has 24 heavy (non-hydrogen) atoms. The van der Waals surface area contributed by atoms with E-state index >= 15 is 0 Å². The summed E-state index contributed by atoms with van der Waals surface area (Å²) in [5, 5.41) is 3.03. The number of para-hydroxylation sites is 1. The van der Waals surface area contributed by atoms with Gasteiger partial charge in [-0.25, -0.2) is 0 Å². The van der Waals surface area contributed by atoms with Gasteiger partial charge in [0.05, 0.1) is 29.6 Å². The van der Waals surface area contributed by atoms with Crippen molar-refractivity contribution in [3.8, 4) is 0 Å². The quantitative estimate of drug-likeness (QED) is 0.870. The van der Waals surface area contributed by atoms with Crippen LogP contribution in [0.25, 0.3) is 0 Å². The second kappa shape index (κ2) is 8.04. The smallest absolute Gasteiger partial charge is 0.378 e. The summed E-state index contributed by atoms with van der Waals surface area (Å²) < 4.78 is 46.4. The average molecular weight is 367 g/mol. The van der Waals surface area contributed by atoms with E-state index in [1.165, 1.54) is 6.92 Å². The molecule has 1 fully saturated rings. The van der Waals surface area contributed by atoms with E-state index in [9.17, 15) is 18.0 Å². The third-order valence-corrected chi connectivity index (χ3v) is 3.74. The van der Waals surface area contributed by atoms with E-state index < -0.39 is 24.8 Å². The van der Waals surface area contributed by atoms with Gasteiger partial charge in [0.15, 0.2) is 0 Å². The van der Waals surface area contributed by atoms with Crippen LogP contribution in [0.5, 0.6) is 0 Å². The largest absolute Gasteiger partial charge is 0.411 e. The molecule has 2 rings (SSSR count). The topological polar surface area (TPSA) is 50.8 Å². The van der Waals surface area contributed by atoms with Gasteiger partial charge in [-0.3, -0.25) is 4.79 Å². The van der Waals surface area contributed by atoms with Crippen LogP contribution in [0.2, 0.25) is 5.02 Å². The van der Waals surface area contributed by atoms with Crippen LogP contribution in [0.4, 0.5) is 24.5 Å². The summed E-state index contributed by atoms with van der Waals surface area (Å²) >= 11 is 6.23. The number of morpholine rings is 1. The van der Waals surface area contributed by atoms with Gasteiger partial charge in [-0.1, -0.05) is 17.7 Å². The minimum atomic E-state index is -4.48. The fourth-order valence-corrected chi connectivity index (χ4v) is 2.55. The van der Waals surface area contributed by atoms with Gasteiger partial charge in [-0.15, -0.1) is 0 Å². The number of halogens is 4. The van der Waals surface area contributed by atoms with Crippen LogP contribution in [-0.4, -0.2) is 51.1 Å². The molecule has 134 valence electrons. The number of anilines is 2. The van der Waals surface area contributed by atoms with E-state index in [1.54, 1.807) is 18.2 Å². The predicted octanol–water partition coefficient (Wildman–Crippen LogP) is 3.08. The van der Waals surface area contributed by atoms with Crippen molar-refractivity contribution >= 4 is 28.9 Å². The zero-order valence-electron chi connectivity index (χ0n) is 13.0. The van der Waals surface area contributed by atoms with Gasteiger partial charge >= 0.3 is 6.18 Å². The lowest BCUT2D eigenvalue weighted by Gasteiger charge is -2.31. The molecule has 0 saturated carbocycles. The minimum Gasteiger partial charge on any atom is -0.378 e. The number of benzene rings is 1. The third-order valence-electron chi connectivity index (χ3n) is 3.44. The summed E-state index contributed by atoms with van der Waals surface area (Å²) in [7, 11) is 0. The Balaban J connectivity index is 2.08. The molecule has 1 aliphatic heterocycles. The highest BCUT2D eigenvalue weighted by Crippen LogP contribution is 2.34. The molecular formula is C15H18ClF3N2O3. The summed E-state index contributed by atoms with van der Waals surface area (Å²) in [6, 6.07) is 4.99. The van der Waals surface area contributed by atoms with Crippen molar-refractivity contribution in [3.05, 3.63) is 23.2 Å². The van der Waals surface area contributed by atoms with Crippen molar-refractivity contribution in [2.45, 2.75) is 19.2 Å². The molecule has 1 aliphatic rings. The molecular weight excluding hydrogens is 349 g/mol. The molecule has 0 aliphatic carbocycles. The Morgan fingerprint density at radius 3 is 2.71 bits per heavy atom. The Kier molecular flexibility index (Phi) is 6.31. The predicted molar refractivity (Wildman–Crippen MR) is 84.6 cm³/mol. The summed E-state index contributed by atoms with van der Waals surface area (Å²) in [4.78, 5) is 14.0. The maximum Gasteiger partial charge on any atom is 0.411 e. The summed E-state index contributed by atoms with van der Waals surface area (Å²) in [6.45, 7) is 2.06. The van der Waals surface area contributed by atoms with E-state index in [0.717, 1.165) is 0 Å². The van der Waals surface area contributed by atoms with E-state index in [2.05, 4.69) is 10.1 Å². The Morgan fingerprint density at radius 2 is 2.08 bits per heavy atom. The SMILES string of the molecule is CC(OCC(F)(F)F)C(=O)Nc1cccc(Cl)c1N1CCOCC1. The van der Waals surface area contributed by atoms with Crippen molar-refractivity contribution < 1.29 is 27.4 Å². The molecule has 1 amide bonds. The first-order chi connectivity index (χ1) is 11.3. The fraction of sp³-hybridized carbons (Fsp3) is 0.533. The zero-order chi connectivity index (χ0) is 17.7. The van der Waals surface area contributed by atoms with Gasteiger partial charge in [0.1, 0.15) is 12.7 Å². The van der Waals surface area contributed by atoms with Gasteiger partial charge in [0.2, 0.25) is 0 Å². The van der Waals surface area contributed by atoms with Crippen LogP contribution in [0.15, 0.2) is 18.2 Å². The zero-order valence-corrected chi connectivity index (χ0v) is 13.8. The summed E-state index contributed by atoms with van der Waals surface area (Å²) in [6.07, 6.45) is -5.73. The number of carbonyl (C=O) groups is 1. The summed E-state index contributed by atoms with van der Waals surface area (Å²) in [5.74, 6) is -0.670. The molecule has 1 aromatic carbocycles. The van der Waals surface area contributed by atoms with E-state index in [-0.39, 0.29) is 0 Å². The first-order valence-corrected chi connectivity index (χ1v) is 7.76. The van der Waals surface area contributed by atoms with E-state index in [1.807, 2.05) is 4.90 Å². The van der Waals surface area contributed by atoms with Crippen LogP contribution in [0.1, 0.15) is 6.92 Å². The first kappa shape index (κ1) is 18.8. The number of carbonyl (C=O) groups excluding carboxylic acids is 1. The van der Waals surface area contributed by atoms with Crippen molar-refractivity contribution in [1.82, 2.24) is 0 Å². The van der Waals surface area contributed by atoms with Crippen molar-refractivity contribution in [2.75, 3.05) is 43.1 Å². The number of hydrogen-bond donors (Lipinski definition) is 1. The van der Waals surface area contributed by atoms with Gasteiger partial charge in [0.25, 0.3) is 5.91 Å². The molecule has 1 aromatic rings. The molecule has 1 heterocycles. The second-order valence-corrected chi connectivity index (χ2v) is 5.70. The molecule has 1 unspecified atom stereocenters. The van der Waals surface area contributed by atoms with Gasteiger partial charge in [0, 0.05) is 13.1 Å². The maximum atomic E-state index is 12.2. The molecule has 5 nitrogen and oxygen atoms in total. The normalized spacial score (nSPS) is 16.8. The lowest BCUT2D eigenvalue weighted by Crippen LogP contribution is -2.37. The number of nitrogens with one attached hydrogen (secondary N) is 1. The molecule has 1 atom stereocenters. The lowest BCUT2D eigenvalue weighted by atomic mass is 10.2. The number of amides is 1. The minimum absolute atomic E-state index is 0.428. The van der Waals surface area contributed by atoms with Crippen molar-refractivity contribution in [3.63, 3.8) is 0 Å². The molecule has 0 spiro atoms. The molecule has 1 N–H and O–H groups in total. The number of ether oxygens (including phenoxy) is 2. The third kappa shape index (κ3) is 5.25. The number of hydrogen-bond acceptors (Lipinski definition) is 4. The standard InChI is InChI=1S/C15H18ClF3N2O3/c1-10(24-9-15(17,18)19)14(22)20-12-4-2-3-11(16)13(12)21-5-7-23-8-6-21/h2-4,10H,5-9H2,1H3,(H,20,22). The highest BCUT2D eigenvalue weighted by molar-refractivity contribution is 6.34. The van der Waals surface area contributed by atoms with E-state index in [0.29, 0.717) is 42.7 Å². The first-order valence-electron chi connectivity index (χ1n) is 7.38. The molecule has 0 radical (unpaired) electrons. The Bertz CT molecular complexity index is 578. The van der Waals surface area contributed by atoms with E-state index in [4.69, 9.17) is 16.3 Å². The van der Waals surface area contributed by atoms with Crippen LogP contribution < -0.4 is 10.2 Å². The van der Waals surface area contributed by atoms with Crippen LogP contribution >= 0.6 is 11.6 Å².